The van der Waals surface area contributed by atoms with Crippen molar-refractivity contribution in [2.75, 3.05) is 25.6 Å². The van der Waals surface area contributed by atoms with E-state index in [-0.39, 0.29) is 0 Å². The number of hydrogen-bond donors (Lipinski definition) is 1. The van der Waals surface area contributed by atoms with Crippen molar-refractivity contribution < 1.29 is 4.74 Å². The van der Waals surface area contributed by atoms with E-state index in [9.17, 15) is 0 Å². The van der Waals surface area contributed by atoms with Gasteiger partial charge in [-0.15, -0.1) is 0 Å². The van der Waals surface area contributed by atoms with Crippen molar-refractivity contribution in [1.82, 2.24) is 5.32 Å². The molecule has 0 aliphatic rings. The largest absolute Gasteiger partial charge is 0.383 e. The highest BCUT2D eigenvalue weighted by Gasteiger charge is 1.96. The summed E-state index contributed by atoms with van der Waals surface area (Å²) < 4.78 is 4.92. The first-order valence-electron chi connectivity index (χ1n) is 3.09. The summed E-state index contributed by atoms with van der Waals surface area (Å²) >= 11 is 3.33. The third-order valence-electron chi connectivity index (χ3n) is 1.00. The lowest BCUT2D eigenvalue weighted by molar-refractivity contribution is 0.173. The van der Waals surface area contributed by atoms with Gasteiger partial charge in [0.1, 0.15) is 0 Å². The molecule has 0 aromatic heterocycles. The van der Waals surface area contributed by atoms with Crippen LogP contribution in [0.5, 0.6) is 0 Å². The van der Waals surface area contributed by atoms with E-state index in [0.29, 0.717) is 6.04 Å². The average Bonchev–Trinajstić information content (AvgIpc) is 1.85. The average molecular weight is 196 g/mol. The van der Waals surface area contributed by atoms with Crippen LogP contribution in [-0.4, -0.2) is 31.6 Å². The standard InChI is InChI=1S/C6H14BrNO/c1-6(5-9-2)8-4-3-7/h6,8H,3-5H2,1-2H3. The Kier molecular flexibility index (Phi) is 6.81. The summed E-state index contributed by atoms with van der Waals surface area (Å²) in [6.45, 7) is 3.89. The van der Waals surface area contributed by atoms with Crippen LogP contribution < -0.4 is 5.32 Å². The molecule has 0 rings (SSSR count). The summed E-state index contributed by atoms with van der Waals surface area (Å²) in [5, 5.41) is 4.26. The molecule has 1 atom stereocenters. The molecule has 0 amide bonds. The third kappa shape index (κ3) is 6.28. The first-order valence-corrected chi connectivity index (χ1v) is 4.21. The van der Waals surface area contributed by atoms with Crippen LogP contribution in [0.15, 0.2) is 0 Å². The van der Waals surface area contributed by atoms with Crippen LogP contribution in [0.3, 0.4) is 0 Å². The minimum atomic E-state index is 0.465. The first kappa shape index (κ1) is 9.40. The van der Waals surface area contributed by atoms with Gasteiger partial charge in [-0.1, -0.05) is 15.9 Å². The Morgan fingerprint density at radius 2 is 2.33 bits per heavy atom. The Morgan fingerprint density at radius 3 is 2.78 bits per heavy atom. The normalized spacial score (nSPS) is 13.7. The predicted octanol–water partition coefficient (Wildman–Crippen LogP) is 1.01. The summed E-state index contributed by atoms with van der Waals surface area (Å²) in [5.74, 6) is 0. The predicted molar refractivity (Wildman–Crippen MR) is 43.1 cm³/mol. The van der Waals surface area contributed by atoms with E-state index in [0.717, 1.165) is 18.5 Å². The zero-order chi connectivity index (χ0) is 7.11. The van der Waals surface area contributed by atoms with Gasteiger partial charge in [-0.3, -0.25) is 0 Å². The van der Waals surface area contributed by atoms with E-state index in [1.165, 1.54) is 0 Å². The number of rotatable bonds is 5. The maximum absolute atomic E-state index is 4.92. The molecule has 0 spiro atoms. The molecule has 1 unspecified atom stereocenters. The Bertz CT molecular complexity index is 61.0. The smallest absolute Gasteiger partial charge is 0.0613 e. The molecule has 56 valence electrons. The van der Waals surface area contributed by atoms with Gasteiger partial charge in [-0.25, -0.2) is 0 Å². The monoisotopic (exact) mass is 195 g/mol. The van der Waals surface area contributed by atoms with Crippen LogP contribution in [0.2, 0.25) is 0 Å². The number of halogens is 1. The van der Waals surface area contributed by atoms with Crippen molar-refractivity contribution in [2.45, 2.75) is 13.0 Å². The first-order chi connectivity index (χ1) is 4.31. The lowest BCUT2D eigenvalue weighted by Gasteiger charge is -2.10. The third-order valence-corrected chi connectivity index (χ3v) is 1.40. The van der Waals surface area contributed by atoms with Crippen molar-refractivity contribution in [3.05, 3.63) is 0 Å². The van der Waals surface area contributed by atoms with Gasteiger partial charge in [-0.2, -0.15) is 0 Å². The van der Waals surface area contributed by atoms with E-state index in [1.54, 1.807) is 7.11 Å². The van der Waals surface area contributed by atoms with Crippen LogP contribution in [0.4, 0.5) is 0 Å². The molecular weight excluding hydrogens is 182 g/mol. The molecule has 0 fully saturated rings. The molecule has 0 heterocycles. The molecule has 0 radical (unpaired) electrons. The molecule has 3 heteroatoms. The molecule has 1 N–H and O–H groups in total. The molecule has 0 aromatic rings. The number of nitrogens with one attached hydrogen (secondary N) is 1. The Balaban J connectivity index is 2.95. The van der Waals surface area contributed by atoms with Gasteiger partial charge in [0.05, 0.1) is 6.61 Å². The lowest BCUT2D eigenvalue weighted by atomic mass is 10.4. The molecule has 0 aromatic carbocycles. The summed E-state index contributed by atoms with van der Waals surface area (Å²) in [6.07, 6.45) is 0. The van der Waals surface area contributed by atoms with Gasteiger partial charge in [-0.05, 0) is 6.92 Å². The highest BCUT2D eigenvalue weighted by Crippen LogP contribution is 1.82. The second-order valence-corrected chi connectivity index (χ2v) is 2.79. The molecule has 0 aliphatic carbocycles. The van der Waals surface area contributed by atoms with Crippen molar-refractivity contribution in [3.8, 4) is 0 Å². The van der Waals surface area contributed by atoms with Crippen LogP contribution in [0.1, 0.15) is 6.92 Å². The van der Waals surface area contributed by atoms with E-state index in [4.69, 9.17) is 4.74 Å². The van der Waals surface area contributed by atoms with Crippen molar-refractivity contribution in [2.24, 2.45) is 0 Å². The Labute approximate surface area is 65.1 Å². The van der Waals surface area contributed by atoms with Gasteiger partial charge in [0.25, 0.3) is 0 Å². The number of hydrogen-bond acceptors (Lipinski definition) is 2. The molecule has 0 saturated carbocycles. The quantitative estimate of drug-likeness (QED) is 0.662. The fourth-order valence-corrected chi connectivity index (χ4v) is 0.839. The van der Waals surface area contributed by atoms with Crippen LogP contribution in [0.25, 0.3) is 0 Å². The van der Waals surface area contributed by atoms with E-state index in [1.807, 2.05) is 0 Å². The van der Waals surface area contributed by atoms with Crippen LogP contribution in [0, 0.1) is 0 Å². The molecule has 0 aliphatic heterocycles. The van der Waals surface area contributed by atoms with Crippen LogP contribution >= 0.6 is 15.9 Å². The Morgan fingerprint density at radius 1 is 1.67 bits per heavy atom. The second-order valence-electron chi connectivity index (χ2n) is 2.00. The molecule has 0 saturated heterocycles. The molecular formula is C6H14BrNO. The summed E-state index contributed by atoms with van der Waals surface area (Å²) in [7, 11) is 1.71. The summed E-state index contributed by atoms with van der Waals surface area (Å²) in [4.78, 5) is 0. The lowest BCUT2D eigenvalue weighted by Crippen LogP contribution is -2.31. The highest BCUT2D eigenvalue weighted by molar-refractivity contribution is 9.09. The Hall–Kier alpha value is 0.400. The molecule has 9 heavy (non-hydrogen) atoms. The number of alkyl halides is 1. The van der Waals surface area contributed by atoms with E-state index in [2.05, 4.69) is 28.2 Å². The van der Waals surface area contributed by atoms with Gasteiger partial charge >= 0.3 is 0 Å². The highest BCUT2D eigenvalue weighted by atomic mass is 79.9. The summed E-state index contributed by atoms with van der Waals surface area (Å²) in [5.41, 5.74) is 0. The second kappa shape index (κ2) is 6.52. The minimum absolute atomic E-state index is 0.465. The topological polar surface area (TPSA) is 21.3 Å². The zero-order valence-electron chi connectivity index (χ0n) is 5.98. The van der Waals surface area contributed by atoms with Crippen molar-refractivity contribution >= 4 is 15.9 Å². The van der Waals surface area contributed by atoms with Crippen molar-refractivity contribution in [1.29, 1.82) is 0 Å². The van der Waals surface area contributed by atoms with Crippen LogP contribution in [-0.2, 0) is 4.74 Å². The molecule has 0 bridgehead atoms. The van der Waals surface area contributed by atoms with Gasteiger partial charge in [0.15, 0.2) is 0 Å². The number of ether oxygens (including phenoxy) is 1. The zero-order valence-corrected chi connectivity index (χ0v) is 7.57. The molecule has 2 nitrogen and oxygen atoms in total. The maximum atomic E-state index is 4.92. The number of methoxy groups -OCH3 is 1. The van der Waals surface area contributed by atoms with E-state index >= 15 is 0 Å². The summed E-state index contributed by atoms with van der Waals surface area (Å²) in [6, 6.07) is 0.465. The fourth-order valence-electron chi connectivity index (χ4n) is 0.610. The maximum Gasteiger partial charge on any atom is 0.0613 e. The SMILES string of the molecule is COCC(C)NCCBr. The van der Waals surface area contributed by atoms with Gasteiger partial charge < -0.3 is 10.1 Å². The minimum Gasteiger partial charge on any atom is -0.383 e. The van der Waals surface area contributed by atoms with Gasteiger partial charge in [0, 0.05) is 25.0 Å². The van der Waals surface area contributed by atoms with Crippen molar-refractivity contribution in [3.63, 3.8) is 0 Å². The fraction of sp³-hybridized carbons (Fsp3) is 1.00. The van der Waals surface area contributed by atoms with E-state index < -0.39 is 0 Å². The van der Waals surface area contributed by atoms with Gasteiger partial charge in [0.2, 0.25) is 0 Å².